The number of carbonyl (C=O) groups is 1. The molecule has 1 rings (SSSR count). The van der Waals surface area contributed by atoms with Crippen molar-refractivity contribution in [1.82, 2.24) is 9.80 Å². The summed E-state index contributed by atoms with van der Waals surface area (Å²) in [7, 11) is -1.50. The molecule has 0 aliphatic carbocycles. The molecule has 1 heterocycles. The molecule has 0 bridgehead atoms. The molecule has 0 saturated carbocycles. The highest BCUT2D eigenvalue weighted by Crippen LogP contribution is 2.20. The van der Waals surface area contributed by atoms with Crippen molar-refractivity contribution in [3.05, 3.63) is 0 Å². The third kappa shape index (κ3) is 5.55. The largest absolute Gasteiger partial charge is 0.393 e. The minimum absolute atomic E-state index is 0.109. The van der Waals surface area contributed by atoms with Gasteiger partial charge in [0.2, 0.25) is 5.91 Å². The van der Waals surface area contributed by atoms with Gasteiger partial charge in [0, 0.05) is 44.3 Å². The van der Waals surface area contributed by atoms with Gasteiger partial charge in [0.1, 0.15) is 5.37 Å². The van der Waals surface area contributed by atoms with Crippen LogP contribution in [0.4, 0.5) is 0 Å². The van der Waals surface area contributed by atoms with Gasteiger partial charge < -0.3 is 10.6 Å². The van der Waals surface area contributed by atoms with Gasteiger partial charge in [-0.3, -0.25) is 9.69 Å². The zero-order chi connectivity index (χ0) is 15.3. The predicted octanol–water partition coefficient (Wildman–Crippen LogP) is -0.459. The van der Waals surface area contributed by atoms with Crippen LogP contribution in [0.5, 0.6) is 0 Å². The molecule has 1 fully saturated rings. The fraction of sp³-hybridized carbons (Fsp3) is 0.818. The summed E-state index contributed by atoms with van der Waals surface area (Å²) in [5, 5.41) is -0.575. The van der Waals surface area contributed by atoms with Crippen molar-refractivity contribution in [2.45, 2.75) is 11.8 Å². The van der Waals surface area contributed by atoms with Crippen molar-refractivity contribution in [2.24, 2.45) is 5.73 Å². The van der Waals surface area contributed by atoms with Gasteiger partial charge in [0.25, 0.3) is 0 Å². The molecule has 1 atom stereocenters. The molecule has 1 aliphatic rings. The van der Waals surface area contributed by atoms with E-state index >= 15 is 0 Å². The van der Waals surface area contributed by atoms with Crippen LogP contribution in [0.2, 0.25) is 0 Å². The number of sulfone groups is 1. The van der Waals surface area contributed by atoms with E-state index < -0.39 is 15.2 Å². The number of nitrogens with zero attached hydrogens (tertiary/aromatic N) is 2. The molecule has 116 valence electrons. The average Bonchev–Trinajstić information content (AvgIpc) is 2.35. The summed E-state index contributed by atoms with van der Waals surface area (Å²) in [5.41, 5.74) is 5.41. The van der Waals surface area contributed by atoms with E-state index in [0.29, 0.717) is 30.3 Å². The molecule has 0 aromatic heterocycles. The summed E-state index contributed by atoms with van der Waals surface area (Å²) < 4.78 is 23.5. The third-order valence-corrected chi connectivity index (χ3v) is 6.03. The summed E-state index contributed by atoms with van der Waals surface area (Å²) in [5.74, 6) is 1.25. The lowest BCUT2D eigenvalue weighted by atomic mass is 10.3. The van der Waals surface area contributed by atoms with Crippen molar-refractivity contribution < 1.29 is 13.2 Å². The molecular weight excluding hydrogens is 318 g/mol. The Morgan fingerprint density at radius 1 is 1.55 bits per heavy atom. The highest BCUT2D eigenvalue weighted by molar-refractivity contribution is 8.00. The average molecular weight is 340 g/mol. The highest BCUT2D eigenvalue weighted by Gasteiger charge is 2.32. The van der Waals surface area contributed by atoms with E-state index in [1.165, 1.54) is 6.26 Å². The van der Waals surface area contributed by atoms with Crippen LogP contribution in [-0.4, -0.2) is 78.9 Å². The summed E-state index contributed by atoms with van der Waals surface area (Å²) in [6.07, 6.45) is 1.69. The Morgan fingerprint density at radius 3 is 2.75 bits per heavy atom. The van der Waals surface area contributed by atoms with Gasteiger partial charge in [-0.15, -0.1) is 0 Å². The molecule has 1 aliphatic heterocycles. The van der Waals surface area contributed by atoms with Crippen LogP contribution in [0.15, 0.2) is 0 Å². The van der Waals surface area contributed by atoms with Crippen molar-refractivity contribution in [3.8, 4) is 0 Å². The molecule has 20 heavy (non-hydrogen) atoms. The highest BCUT2D eigenvalue weighted by atomic mass is 32.2. The smallest absolute Gasteiger partial charge is 0.236 e. The Morgan fingerprint density at radius 2 is 2.20 bits per heavy atom. The van der Waals surface area contributed by atoms with Crippen LogP contribution < -0.4 is 5.73 Å². The van der Waals surface area contributed by atoms with E-state index in [1.54, 1.807) is 28.6 Å². The van der Waals surface area contributed by atoms with Crippen molar-refractivity contribution in [2.75, 3.05) is 44.4 Å². The van der Waals surface area contributed by atoms with Gasteiger partial charge in [-0.2, -0.15) is 11.8 Å². The van der Waals surface area contributed by atoms with E-state index in [1.807, 2.05) is 0 Å². The molecule has 9 heteroatoms. The second kappa shape index (κ2) is 7.58. The van der Waals surface area contributed by atoms with E-state index in [4.69, 9.17) is 18.0 Å². The molecule has 0 radical (unpaired) electrons. The van der Waals surface area contributed by atoms with Gasteiger partial charge in [-0.05, 0) is 0 Å². The van der Waals surface area contributed by atoms with E-state index in [9.17, 15) is 13.2 Å². The quantitative estimate of drug-likeness (QED) is 0.656. The number of amides is 1. The number of hydrogen-bond acceptors (Lipinski definition) is 6. The lowest BCUT2D eigenvalue weighted by molar-refractivity contribution is -0.131. The second-order valence-electron chi connectivity index (χ2n) is 4.86. The van der Waals surface area contributed by atoms with Crippen LogP contribution in [0.3, 0.4) is 0 Å². The summed E-state index contributed by atoms with van der Waals surface area (Å²) >= 11 is 6.38. The fourth-order valence-corrected chi connectivity index (χ4v) is 4.92. The Labute approximate surface area is 130 Å². The van der Waals surface area contributed by atoms with E-state index in [0.717, 1.165) is 5.75 Å². The molecular formula is C11H21N3O3S3. The van der Waals surface area contributed by atoms with E-state index in [-0.39, 0.29) is 12.5 Å². The molecule has 2 N–H and O–H groups in total. The van der Waals surface area contributed by atoms with Gasteiger partial charge >= 0.3 is 0 Å². The van der Waals surface area contributed by atoms with Crippen LogP contribution in [0, 0.1) is 0 Å². The molecule has 0 aromatic carbocycles. The maximum atomic E-state index is 12.1. The maximum absolute atomic E-state index is 12.1. The van der Waals surface area contributed by atoms with Crippen molar-refractivity contribution >= 4 is 44.7 Å². The zero-order valence-corrected chi connectivity index (χ0v) is 14.2. The first-order valence-corrected chi connectivity index (χ1v) is 9.76. The minimum atomic E-state index is -3.18. The SMILES string of the molecule is CN(CCC(N)=S)C(=O)CN1CCSCC1S(C)(=O)=O. The molecule has 0 spiro atoms. The Hall–Kier alpha value is -0.380. The number of nitrogens with two attached hydrogens (primary N) is 1. The van der Waals surface area contributed by atoms with Crippen molar-refractivity contribution in [3.63, 3.8) is 0 Å². The lowest BCUT2D eigenvalue weighted by Crippen LogP contribution is -2.51. The number of rotatable bonds is 6. The molecule has 6 nitrogen and oxygen atoms in total. The first-order valence-electron chi connectivity index (χ1n) is 6.24. The normalized spacial score (nSPS) is 20.6. The fourth-order valence-electron chi connectivity index (χ4n) is 1.89. The number of thioether (sulfide) groups is 1. The predicted molar refractivity (Wildman–Crippen MR) is 86.6 cm³/mol. The monoisotopic (exact) mass is 339 g/mol. The number of carbonyl (C=O) groups excluding carboxylic acids is 1. The molecule has 1 unspecified atom stereocenters. The molecule has 0 aromatic rings. The summed E-state index contributed by atoms with van der Waals surface area (Å²) in [6.45, 7) is 1.18. The topological polar surface area (TPSA) is 83.7 Å². The van der Waals surface area contributed by atoms with Gasteiger partial charge in [0.15, 0.2) is 9.84 Å². The Balaban J connectivity index is 2.60. The Kier molecular flexibility index (Phi) is 6.70. The summed E-state index contributed by atoms with van der Waals surface area (Å²) in [4.78, 5) is 15.7. The van der Waals surface area contributed by atoms with Crippen LogP contribution >= 0.6 is 24.0 Å². The lowest BCUT2D eigenvalue weighted by Gasteiger charge is -2.34. The molecule has 1 amide bonds. The number of hydrogen-bond donors (Lipinski definition) is 1. The summed E-state index contributed by atoms with van der Waals surface area (Å²) in [6, 6.07) is 0. The van der Waals surface area contributed by atoms with Gasteiger partial charge in [0.05, 0.1) is 11.5 Å². The zero-order valence-electron chi connectivity index (χ0n) is 11.7. The standard InChI is InChI=1S/C11H21N3O3S3/c1-13(4-3-9(12)18)10(15)7-14-5-6-19-8-11(14)20(2,16)17/h11H,3-8H2,1-2H3,(H2,12,18). The Bertz CT molecular complexity index is 467. The van der Waals surface area contributed by atoms with Crippen LogP contribution in [0.1, 0.15) is 6.42 Å². The van der Waals surface area contributed by atoms with Crippen LogP contribution in [-0.2, 0) is 14.6 Å². The number of likely N-dealkylation sites (N-methyl/N-ethyl adjacent to an activating group) is 1. The van der Waals surface area contributed by atoms with Gasteiger partial charge in [-0.25, -0.2) is 8.42 Å². The second-order valence-corrected chi connectivity index (χ2v) is 8.74. The third-order valence-electron chi connectivity index (χ3n) is 3.14. The minimum Gasteiger partial charge on any atom is -0.393 e. The number of thiocarbonyl (C=S) groups is 1. The first-order chi connectivity index (χ1) is 9.21. The van der Waals surface area contributed by atoms with Crippen LogP contribution in [0.25, 0.3) is 0 Å². The van der Waals surface area contributed by atoms with Crippen molar-refractivity contribution in [1.29, 1.82) is 0 Å². The maximum Gasteiger partial charge on any atom is 0.236 e. The van der Waals surface area contributed by atoms with Gasteiger partial charge in [-0.1, -0.05) is 12.2 Å². The van der Waals surface area contributed by atoms with E-state index in [2.05, 4.69) is 0 Å². The first kappa shape index (κ1) is 17.7. The molecule has 1 saturated heterocycles.